The van der Waals surface area contributed by atoms with Gasteiger partial charge in [0.2, 0.25) is 0 Å². The van der Waals surface area contributed by atoms with Crippen LogP contribution < -0.4 is 0 Å². The third-order valence-electron chi connectivity index (χ3n) is 4.45. The van der Waals surface area contributed by atoms with Crippen LogP contribution in [-0.4, -0.2) is 36.1 Å². The van der Waals surface area contributed by atoms with E-state index in [0.29, 0.717) is 25.4 Å². The van der Waals surface area contributed by atoms with E-state index in [0.717, 1.165) is 24.3 Å². The number of hydrogen-bond donors (Lipinski definition) is 0. The topological polar surface area (TPSA) is 38.8 Å². The van der Waals surface area contributed by atoms with Gasteiger partial charge in [-0.2, -0.15) is 13.2 Å². The molecule has 0 aliphatic carbocycles. The van der Waals surface area contributed by atoms with Crippen molar-refractivity contribution in [3.8, 4) is 0 Å². The van der Waals surface area contributed by atoms with E-state index in [9.17, 15) is 18.0 Å². The molecule has 0 aromatic carbocycles. The molecule has 134 valence electrons. The van der Waals surface area contributed by atoms with E-state index in [2.05, 4.69) is 0 Å². The van der Waals surface area contributed by atoms with E-state index in [4.69, 9.17) is 9.57 Å². The second-order valence-corrected chi connectivity index (χ2v) is 6.86. The maximum absolute atomic E-state index is 12.5. The van der Waals surface area contributed by atoms with Gasteiger partial charge in [0.15, 0.2) is 6.29 Å². The summed E-state index contributed by atoms with van der Waals surface area (Å²) >= 11 is 0. The molecule has 23 heavy (non-hydrogen) atoms. The van der Waals surface area contributed by atoms with Gasteiger partial charge in [-0.05, 0) is 31.6 Å². The predicted octanol–water partition coefficient (Wildman–Crippen LogP) is 4.05. The Balaban J connectivity index is 1.93. The molecule has 2 saturated heterocycles. The van der Waals surface area contributed by atoms with Crippen LogP contribution in [0.3, 0.4) is 0 Å². The quantitative estimate of drug-likeness (QED) is 0.658. The Morgan fingerprint density at radius 2 is 2.04 bits per heavy atom. The number of ether oxygens (including phenoxy) is 1. The molecule has 2 aliphatic heterocycles. The number of rotatable bonds is 7. The van der Waals surface area contributed by atoms with E-state index in [1.54, 1.807) is 0 Å². The average Bonchev–Trinajstić information content (AvgIpc) is 2.47. The number of β-lactam (4-membered cyclic amide) rings is 1. The summed E-state index contributed by atoms with van der Waals surface area (Å²) in [7, 11) is 0. The summed E-state index contributed by atoms with van der Waals surface area (Å²) in [6.45, 7) is 4.65. The maximum atomic E-state index is 12.5. The second-order valence-electron chi connectivity index (χ2n) is 6.86. The molecular weight excluding hydrogens is 311 g/mol. The largest absolute Gasteiger partial charge is 0.389 e. The van der Waals surface area contributed by atoms with Gasteiger partial charge < -0.3 is 4.74 Å². The van der Waals surface area contributed by atoms with Crippen molar-refractivity contribution in [2.45, 2.75) is 77.3 Å². The molecule has 2 rings (SSSR count). The van der Waals surface area contributed by atoms with Gasteiger partial charge in [-0.15, -0.1) is 0 Å². The lowest BCUT2D eigenvalue weighted by atomic mass is 9.81. The van der Waals surface area contributed by atoms with Crippen molar-refractivity contribution in [3.63, 3.8) is 0 Å². The number of alkyl halides is 3. The lowest BCUT2D eigenvalue weighted by Gasteiger charge is -2.47. The van der Waals surface area contributed by atoms with Crippen LogP contribution in [0, 0.1) is 11.8 Å². The fraction of sp³-hybridized carbons (Fsp3) is 0.938. The van der Waals surface area contributed by atoms with Gasteiger partial charge in [-0.1, -0.05) is 20.3 Å². The normalized spacial score (nSPS) is 29.0. The van der Waals surface area contributed by atoms with Crippen molar-refractivity contribution in [1.82, 2.24) is 5.06 Å². The Kier molecular flexibility index (Phi) is 6.31. The average molecular weight is 337 g/mol. The fourth-order valence-corrected chi connectivity index (χ4v) is 3.08. The highest BCUT2D eigenvalue weighted by molar-refractivity contribution is 5.84. The number of nitrogens with zero attached hydrogens (tertiary/aromatic N) is 1. The zero-order valence-electron chi connectivity index (χ0n) is 13.8. The zero-order valence-corrected chi connectivity index (χ0v) is 13.8. The Morgan fingerprint density at radius 1 is 1.30 bits per heavy atom. The molecule has 0 bridgehead atoms. The molecular formula is C16H26F3NO3. The molecule has 2 heterocycles. The summed E-state index contributed by atoms with van der Waals surface area (Å²) < 4.78 is 43.0. The number of hydrogen-bond acceptors (Lipinski definition) is 3. The lowest BCUT2D eigenvalue weighted by molar-refractivity contribution is -0.321. The van der Waals surface area contributed by atoms with Gasteiger partial charge in [-0.25, -0.2) is 9.90 Å². The van der Waals surface area contributed by atoms with Crippen LogP contribution in [0.5, 0.6) is 0 Å². The summed E-state index contributed by atoms with van der Waals surface area (Å²) in [6, 6.07) is -0.492. The smallest absolute Gasteiger partial charge is 0.350 e. The van der Waals surface area contributed by atoms with Crippen LogP contribution in [0.4, 0.5) is 13.2 Å². The van der Waals surface area contributed by atoms with E-state index in [1.165, 1.54) is 0 Å². The van der Waals surface area contributed by atoms with Crippen molar-refractivity contribution in [3.05, 3.63) is 0 Å². The van der Waals surface area contributed by atoms with E-state index in [-0.39, 0.29) is 18.2 Å². The van der Waals surface area contributed by atoms with E-state index in [1.807, 2.05) is 13.8 Å². The van der Waals surface area contributed by atoms with Crippen LogP contribution in [0.15, 0.2) is 0 Å². The molecule has 7 heteroatoms. The molecule has 0 aromatic heterocycles. The Bertz CT molecular complexity index is 395. The first kappa shape index (κ1) is 18.5. The molecule has 1 amide bonds. The van der Waals surface area contributed by atoms with Gasteiger partial charge in [0.1, 0.15) is 0 Å². The van der Waals surface area contributed by atoms with Gasteiger partial charge in [0, 0.05) is 19.4 Å². The molecule has 0 N–H and O–H groups in total. The minimum Gasteiger partial charge on any atom is -0.350 e. The van der Waals surface area contributed by atoms with Crippen molar-refractivity contribution >= 4 is 5.91 Å². The van der Waals surface area contributed by atoms with Gasteiger partial charge in [0.05, 0.1) is 12.0 Å². The standard InChI is InChI=1S/C16H26F3NO3/c1-11(2)6-7-12-13(8-9-16(17,18)19)20(15(12)21)23-14-5-3-4-10-22-14/h11-14H,3-10H2,1-2H3/t12-,13+,14?/m1/s1. The Morgan fingerprint density at radius 3 is 2.61 bits per heavy atom. The van der Waals surface area contributed by atoms with Crippen LogP contribution in [0.1, 0.15) is 58.8 Å². The minimum atomic E-state index is -4.21. The highest BCUT2D eigenvalue weighted by Gasteiger charge is 2.50. The highest BCUT2D eigenvalue weighted by Crippen LogP contribution is 2.38. The van der Waals surface area contributed by atoms with Crippen LogP contribution in [-0.2, 0) is 14.4 Å². The number of amides is 1. The van der Waals surface area contributed by atoms with E-state index < -0.39 is 24.9 Å². The molecule has 0 spiro atoms. The number of carbonyl (C=O) groups excluding carboxylic acids is 1. The second kappa shape index (κ2) is 7.83. The minimum absolute atomic E-state index is 0.106. The summed E-state index contributed by atoms with van der Waals surface area (Å²) in [5.74, 6) is -0.141. The van der Waals surface area contributed by atoms with Gasteiger partial charge in [0.25, 0.3) is 5.91 Å². The van der Waals surface area contributed by atoms with Crippen LogP contribution in [0.25, 0.3) is 0 Å². The Hall–Kier alpha value is -0.820. The summed E-state index contributed by atoms with van der Waals surface area (Å²) in [6.07, 6.45) is -1.72. The summed E-state index contributed by atoms with van der Waals surface area (Å²) in [4.78, 5) is 17.8. The molecule has 0 saturated carbocycles. The first-order valence-corrected chi connectivity index (χ1v) is 8.46. The summed E-state index contributed by atoms with van der Waals surface area (Å²) in [5, 5.41) is 1.15. The number of hydroxylamine groups is 2. The molecule has 0 radical (unpaired) electrons. The molecule has 4 nitrogen and oxygen atoms in total. The third kappa shape index (κ3) is 5.35. The first-order valence-electron chi connectivity index (χ1n) is 8.46. The van der Waals surface area contributed by atoms with Crippen molar-refractivity contribution in [2.24, 2.45) is 11.8 Å². The van der Waals surface area contributed by atoms with E-state index >= 15 is 0 Å². The number of halogens is 3. The van der Waals surface area contributed by atoms with Crippen molar-refractivity contribution in [2.75, 3.05) is 6.61 Å². The number of carbonyl (C=O) groups is 1. The maximum Gasteiger partial charge on any atom is 0.389 e. The molecule has 0 aromatic rings. The molecule has 3 atom stereocenters. The third-order valence-corrected chi connectivity index (χ3v) is 4.45. The predicted molar refractivity (Wildman–Crippen MR) is 78.2 cm³/mol. The van der Waals surface area contributed by atoms with Crippen LogP contribution in [0.2, 0.25) is 0 Å². The van der Waals surface area contributed by atoms with Crippen LogP contribution >= 0.6 is 0 Å². The van der Waals surface area contributed by atoms with Crippen molar-refractivity contribution in [1.29, 1.82) is 0 Å². The zero-order chi connectivity index (χ0) is 17.0. The lowest BCUT2D eigenvalue weighted by Crippen LogP contribution is -2.62. The van der Waals surface area contributed by atoms with Crippen molar-refractivity contribution < 1.29 is 27.5 Å². The highest BCUT2D eigenvalue weighted by atomic mass is 19.4. The fourth-order valence-electron chi connectivity index (χ4n) is 3.08. The van der Waals surface area contributed by atoms with Gasteiger partial charge >= 0.3 is 6.18 Å². The summed E-state index contributed by atoms with van der Waals surface area (Å²) in [5.41, 5.74) is 0. The molecule has 1 unspecified atom stereocenters. The molecule has 2 aliphatic rings. The monoisotopic (exact) mass is 337 g/mol. The first-order chi connectivity index (χ1) is 10.8. The van der Waals surface area contributed by atoms with Gasteiger partial charge in [-0.3, -0.25) is 4.79 Å². The Labute approximate surface area is 135 Å². The molecule has 2 fully saturated rings. The SMILES string of the molecule is CC(C)CC[C@H]1C(=O)N(OC2CCCCO2)[C@H]1CCC(F)(F)F.